The fraction of sp³-hybridized carbons (Fsp3) is 0.200. The summed E-state index contributed by atoms with van der Waals surface area (Å²) in [4.78, 5) is 24.4. The Labute approximate surface area is 136 Å². The molecule has 0 atom stereocenters. The zero-order valence-corrected chi connectivity index (χ0v) is 13.6. The number of carbonyl (C=O) groups excluding carboxylic acids is 2. The summed E-state index contributed by atoms with van der Waals surface area (Å²) in [5, 5.41) is 0. The van der Waals surface area contributed by atoms with E-state index in [1.807, 2.05) is 49.4 Å². The van der Waals surface area contributed by atoms with Crippen molar-refractivity contribution in [2.45, 2.75) is 26.4 Å². The third kappa shape index (κ3) is 4.65. The monoisotopic (exact) mass is 308 g/mol. The molecule has 0 unspecified atom stereocenters. The van der Waals surface area contributed by atoms with Crippen LogP contribution >= 0.6 is 0 Å². The lowest BCUT2D eigenvalue weighted by atomic mass is 9.96. The molecule has 0 aliphatic heterocycles. The number of esters is 1. The average Bonchev–Trinajstić information content (AvgIpc) is 2.53. The van der Waals surface area contributed by atoms with E-state index < -0.39 is 11.6 Å². The van der Waals surface area contributed by atoms with Crippen molar-refractivity contribution >= 4 is 17.8 Å². The van der Waals surface area contributed by atoms with E-state index in [9.17, 15) is 9.59 Å². The molecule has 0 saturated carbocycles. The minimum absolute atomic E-state index is 0.223. The Morgan fingerprint density at radius 3 is 2.17 bits per heavy atom. The van der Waals surface area contributed by atoms with E-state index in [1.165, 1.54) is 6.08 Å². The zero-order valence-electron chi connectivity index (χ0n) is 13.6. The predicted molar refractivity (Wildman–Crippen MR) is 91.2 cm³/mol. The highest BCUT2D eigenvalue weighted by molar-refractivity contribution is 6.03. The van der Waals surface area contributed by atoms with Gasteiger partial charge in [-0.1, -0.05) is 60.2 Å². The second kappa shape index (κ2) is 7.05. The number of rotatable bonds is 5. The molecule has 0 aliphatic rings. The first kappa shape index (κ1) is 16.7. The predicted octanol–water partition coefficient (Wildman–Crippen LogP) is 4.21. The molecule has 0 amide bonds. The number of aryl methyl sites for hydroxylation is 1. The van der Waals surface area contributed by atoms with E-state index in [0.717, 1.165) is 11.1 Å². The highest BCUT2D eigenvalue weighted by Gasteiger charge is 2.32. The van der Waals surface area contributed by atoms with Crippen molar-refractivity contribution in [2.75, 3.05) is 0 Å². The van der Waals surface area contributed by atoms with E-state index in [0.29, 0.717) is 5.56 Å². The first-order valence-corrected chi connectivity index (χ1v) is 7.46. The topological polar surface area (TPSA) is 43.4 Å². The molecular formula is C20H20O3. The van der Waals surface area contributed by atoms with Crippen molar-refractivity contribution in [2.24, 2.45) is 0 Å². The van der Waals surface area contributed by atoms with Gasteiger partial charge in [0, 0.05) is 11.6 Å². The number of benzene rings is 2. The first-order chi connectivity index (χ1) is 10.9. The summed E-state index contributed by atoms with van der Waals surface area (Å²) < 4.78 is 5.33. The normalized spacial score (nSPS) is 11.4. The molecule has 0 aliphatic carbocycles. The number of hydrogen-bond acceptors (Lipinski definition) is 3. The fourth-order valence-corrected chi connectivity index (χ4v) is 2.11. The molecule has 2 rings (SSSR count). The second-order valence-electron chi connectivity index (χ2n) is 5.87. The molecule has 0 saturated heterocycles. The summed E-state index contributed by atoms with van der Waals surface area (Å²) >= 11 is 0. The quantitative estimate of drug-likeness (QED) is 0.472. The molecule has 0 aromatic heterocycles. The fourth-order valence-electron chi connectivity index (χ4n) is 2.11. The van der Waals surface area contributed by atoms with Gasteiger partial charge in [-0.3, -0.25) is 4.79 Å². The summed E-state index contributed by atoms with van der Waals surface area (Å²) in [6.45, 7) is 5.15. The third-order valence-electron chi connectivity index (χ3n) is 3.43. The molecule has 23 heavy (non-hydrogen) atoms. The standard InChI is InChI=1S/C20H20O3/c1-15-9-12-17(13-10-15)19(22)20(2,3)23-18(21)14-11-16-7-5-4-6-8-16/h4-14H,1-3H3. The molecule has 0 heterocycles. The van der Waals surface area contributed by atoms with Gasteiger partial charge in [0.05, 0.1) is 0 Å². The number of hydrogen-bond donors (Lipinski definition) is 0. The second-order valence-corrected chi connectivity index (χ2v) is 5.87. The zero-order chi connectivity index (χ0) is 16.9. The van der Waals surface area contributed by atoms with Gasteiger partial charge >= 0.3 is 5.97 Å². The van der Waals surface area contributed by atoms with Crippen LogP contribution in [0.2, 0.25) is 0 Å². The van der Waals surface area contributed by atoms with Gasteiger partial charge in [0.2, 0.25) is 5.78 Å². The Bertz CT molecular complexity index is 710. The van der Waals surface area contributed by atoms with Gasteiger partial charge in [-0.15, -0.1) is 0 Å². The van der Waals surface area contributed by atoms with Crippen LogP contribution in [0, 0.1) is 6.92 Å². The Kier molecular flexibility index (Phi) is 5.12. The van der Waals surface area contributed by atoms with Crippen molar-refractivity contribution in [1.82, 2.24) is 0 Å². The molecule has 0 spiro atoms. The Hall–Kier alpha value is -2.68. The van der Waals surface area contributed by atoms with Crippen LogP contribution in [-0.2, 0) is 9.53 Å². The number of carbonyl (C=O) groups is 2. The molecule has 2 aromatic carbocycles. The van der Waals surface area contributed by atoms with Crippen LogP contribution in [0.4, 0.5) is 0 Å². The highest BCUT2D eigenvalue weighted by Crippen LogP contribution is 2.18. The smallest absolute Gasteiger partial charge is 0.331 e. The van der Waals surface area contributed by atoms with E-state index in [4.69, 9.17) is 4.74 Å². The Morgan fingerprint density at radius 2 is 1.57 bits per heavy atom. The van der Waals surface area contributed by atoms with Crippen molar-refractivity contribution in [3.05, 3.63) is 77.4 Å². The maximum Gasteiger partial charge on any atom is 0.331 e. The number of ether oxygens (including phenoxy) is 1. The summed E-state index contributed by atoms with van der Waals surface area (Å²) in [6.07, 6.45) is 2.99. The lowest BCUT2D eigenvalue weighted by Crippen LogP contribution is -2.36. The molecule has 3 nitrogen and oxygen atoms in total. The summed E-state index contributed by atoms with van der Waals surface area (Å²) in [5.41, 5.74) is 1.28. The summed E-state index contributed by atoms with van der Waals surface area (Å²) in [5.74, 6) is -0.765. The summed E-state index contributed by atoms with van der Waals surface area (Å²) in [7, 11) is 0. The molecule has 0 N–H and O–H groups in total. The SMILES string of the molecule is Cc1ccc(C(=O)C(C)(C)OC(=O)C=Cc2ccccc2)cc1. The molecule has 118 valence electrons. The molecule has 2 aromatic rings. The van der Waals surface area contributed by atoms with E-state index >= 15 is 0 Å². The molecule has 3 heteroatoms. The van der Waals surface area contributed by atoms with Gasteiger partial charge in [-0.05, 0) is 32.4 Å². The van der Waals surface area contributed by atoms with Crippen molar-refractivity contribution in [3.8, 4) is 0 Å². The minimum Gasteiger partial charge on any atom is -0.448 e. The highest BCUT2D eigenvalue weighted by atomic mass is 16.6. The van der Waals surface area contributed by atoms with Gasteiger partial charge in [-0.25, -0.2) is 4.79 Å². The van der Waals surface area contributed by atoms with E-state index in [2.05, 4.69) is 0 Å². The van der Waals surface area contributed by atoms with E-state index in [-0.39, 0.29) is 5.78 Å². The van der Waals surface area contributed by atoms with Crippen LogP contribution in [0.5, 0.6) is 0 Å². The van der Waals surface area contributed by atoms with E-state index in [1.54, 1.807) is 32.1 Å². The third-order valence-corrected chi connectivity index (χ3v) is 3.43. The van der Waals surface area contributed by atoms with Gasteiger partial charge in [0.25, 0.3) is 0 Å². The van der Waals surface area contributed by atoms with Crippen LogP contribution in [0.15, 0.2) is 60.7 Å². The van der Waals surface area contributed by atoms with Crippen LogP contribution < -0.4 is 0 Å². The number of Topliss-reactive ketones (excluding diaryl/α,β-unsaturated/α-hetero) is 1. The van der Waals surface area contributed by atoms with Crippen molar-refractivity contribution < 1.29 is 14.3 Å². The largest absolute Gasteiger partial charge is 0.448 e. The average molecular weight is 308 g/mol. The maximum atomic E-state index is 12.5. The maximum absolute atomic E-state index is 12.5. The number of ketones is 1. The lowest BCUT2D eigenvalue weighted by molar-refractivity contribution is -0.146. The lowest BCUT2D eigenvalue weighted by Gasteiger charge is -2.23. The molecule has 0 fully saturated rings. The van der Waals surface area contributed by atoms with Crippen molar-refractivity contribution in [3.63, 3.8) is 0 Å². The summed E-state index contributed by atoms with van der Waals surface area (Å²) in [6, 6.07) is 16.6. The molecule has 0 bridgehead atoms. The minimum atomic E-state index is -1.21. The van der Waals surface area contributed by atoms with Gasteiger partial charge < -0.3 is 4.74 Å². The molecular weight excluding hydrogens is 288 g/mol. The molecule has 0 radical (unpaired) electrons. The van der Waals surface area contributed by atoms with Crippen LogP contribution in [-0.4, -0.2) is 17.4 Å². The Balaban J connectivity index is 2.05. The first-order valence-electron chi connectivity index (χ1n) is 7.46. The van der Waals surface area contributed by atoms with Gasteiger partial charge in [0.1, 0.15) is 0 Å². The van der Waals surface area contributed by atoms with Crippen molar-refractivity contribution in [1.29, 1.82) is 0 Å². The van der Waals surface area contributed by atoms with Crippen LogP contribution in [0.1, 0.15) is 35.3 Å². The van der Waals surface area contributed by atoms with Gasteiger partial charge in [-0.2, -0.15) is 0 Å². The Morgan fingerprint density at radius 1 is 0.957 bits per heavy atom. The van der Waals surface area contributed by atoms with Crippen LogP contribution in [0.3, 0.4) is 0 Å². The van der Waals surface area contributed by atoms with Crippen LogP contribution in [0.25, 0.3) is 6.08 Å². The van der Waals surface area contributed by atoms with Gasteiger partial charge in [0.15, 0.2) is 5.60 Å².